The standard InChI is InChI=1S/C24H20Cl2N4O5/c1-33-19-5-3-14(23(31)29-21-16(25)11-27-12-17(21)26)20-15-10-13(2-4-18(15)35-22(19)20)28-24(32)30-6-8-34-9-7-30/h2-5,10-12H,6-9H2,1H3,(H,28,32)(H,27,29,31). The fraction of sp³-hybridized carbons (Fsp3) is 0.208. The van der Waals surface area contributed by atoms with E-state index >= 15 is 0 Å². The Hall–Kier alpha value is -3.53. The van der Waals surface area contributed by atoms with Crippen molar-refractivity contribution in [3.05, 3.63) is 58.3 Å². The summed E-state index contributed by atoms with van der Waals surface area (Å²) < 4.78 is 16.8. The predicted molar refractivity (Wildman–Crippen MR) is 134 cm³/mol. The van der Waals surface area contributed by atoms with E-state index in [0.29, 0.717) is 65.2 Å². The number of carbonyl (C=O) groups excluding carboxylic acids is 2. The van der Waals surface area contributed by atoms with Gasteiger partial charge in [0.25, 0.3) is 5.91 Å². The van der Waals surface area contributed by atoms with E-state index in [1.165, 1.54) is 19.5 Å². The number of hydrogen-bond donors (Lipinski definition) is 2. The van der Waals surface area contributed by atoms with E-state index in [2.05, 4.69) is 15.6 Å². The van der Waals surface area contributed by atoms with Gasteiger partial charge in [-0.1, -0.05) is 23.2 Å². The van der Waals surface area contributed by atoms with Gasteiger partial charge >= 0.3 is 6.03 Å². The molecule has 9 nitrogen and oxygen atoms in total. The number of halogens is 2. The maximum absolute atomic E-state index is 13.3. The van der Waals surface area contributed by atoms with E-state index < -0.39 is 5.91 Å². The number of pyridine rings is 1. The molecule has 2 N–H and O–H groups in total. The minimum Gasteiger partial charge on any atom is -0.493 e. The summed E-state index contributed by atoms with van der Waals surface area (Å²) in [5.41, 5.74) is 2.07. The van der Waals surface area contributed by atoms with Crippen molar-refractivity contribution in [1.29, 1.82) is 0 Å². The van der Waals surface area contributed by atoms with Crippen LogP contribution in [-0.4, -0.2) is 55.2 Å². The minimum absolute atomic E-state index is 0.209. The van der Waals surface area contributed by atoms with Gasteiger partial charge in [-0.15, -0.1) is 0 Å². The largest absolute Gasteiger partial charge is 0.493 e. The molecule has 0 saturated carbocycles. The lowest BCUT2D eigenvalue weighted by molar-refractivity contribution is 0.0564. The number of nitrogens with zero attached hydrogens (tertiary/aromatic N) is 2. The van der Waals surface area contributed by atoms with Gasteiger partial charge in [-0.2, -0.15) is 0 Å². The third-order valence-electron chi connectivity index (χ3n) is 5.69. The van der Waals surface area contributed by atoms with Crippen LogP contribution in [0.3, 0.4) is 0 Å². The summed E-state index contributed by atoms with van der Waals surface area (Å²) in [5.74, 6) is 0.0183. The molecule has 3 amide bonds. The van der Waals surface area contributed by atoms with E-state index in [1.807, 2.05) is 0 Å². The number of fused-ring (bicyclic) bond motifs is 3. The van der Waals surface area contributed by atoms with Gasteiger partial charge in [0, 0.05) is 41.9 Å². The number of ether oxygens (including phenoxy) is 2. The van der Waals surface area contributed by atoms with Gasteiger partial charge in [-0.3, -0.25) is 9.78 Å². The summed E-state index contributed by atoms with van der Waals surface area (Å²) in [4.78, 5) is 31.6. The molecular formula is C24H20Cl2N4O5. The first-order valence-electron chi connectivity index (χ1n) is 10.7. The Bertz CT molecular complexity index is 1430. The number of hydrogen-bond acceptors (Lipinski definition) is 6. The first kappa shape index (κ1) is 23.2. The van der Waals surface area contributed by atoms with Gasteiger partial charge in [-0.25, -0.2) is 4.79 Å². The third-order valence-corrected chi connectivity index (χ3v) is 6.26. The van der Waals surface area contributed by atoms with Gasteiger partial charge in [0.2, 0.25) is 0 Å². The molecule has 2 aromatic carbocycles. The van der Waals surface area contributed by atoms with Gasteiger partial charge in [-0.05, 0) is 30.3 Å². The van der Waals surface area contributed by atoms with Crippen molar-refractivity contribution >= 4 is 68.5 Å². The van der Waals surface area contributed by atoms with Crippen molar-refractivity contribution in [1.82, 2.24) is 9.88 Å². The predicted octanol–water partition coefficient (Wildman–Crippen LogP) is 5.41. The number of morpholine rings is 1. The highest BCUT2D eigenvalue weighted by Gasteiger charge is 2.22. The Balaban J connectivity index is 1.56. The number of nitrogens with one attached hydrogen (secondary N) is 2. The molecule has 0 aliphatic carbocycles. The van der Waals surface area contributed by atoms with Crippen LogP contribution in [0.15, 0.2) is 47.1 Å². The molecule has 1 saturated heterocycles. The summed E-state index contributed by atoms with van der Waals surface area (Å²) in [5, 5.41) is 7.24. The molecule has 0 radical (unpaired) electrons. The van der Waals surface area contributed by atoms with Crippen LogP contribution in [0.2, 0.25) is 10.0 Å². The molecule has 1 aliphatic heterocycles. The van der Waals surface area contributed by atoms with Crippen molar-refractivity contribution in [3.8, 4) is 5.75 Å². The molecule has 1 fully saturated rings. The maximum Gasteiger partial charge on any atom is 0.321 e. The number of benzene rings is 2. The smallest absolute Gasteiger partial charge is 0.321 e. The summed E-state index contributed by atoms with van der Waals surface area (Å²) in [6.07, 6.45) is 2.78. The van der Waals surface area contributed by atoms with Crippen LogP contribution in [0, 0.1) is 0 Å². The highest BCUT2D eigenvalue weighted by molar-refractivity contribution is 6.40. The van der Waals surface area contributed by atoms with Crippen molar-refractivity contribution in [2.45, 2.75) is 0 Å². The number of carbonyl (C=O) groups is 2. The molecule has 0 bridgehead atoms. The zero-order valence-electron chi connectivity index (χ0n) is 18.6. The van der Waals surface area contributed by atoms with Crippen LogP contribution >= 0.6 is 23.2 Å². The second-order valence-electron chi connectivity index (χ2n) is 7.79. The monoisotopic (exact) mass is 514 g/mol. The highest BCUT2D eigenvalue weighted by atomic mass is 35.5. The number of methoxy groups -OCH3 is 1. The van der Waals surface area contributed by atoms with Crippen molar-refractivity contribution in [2.24, 2.45) is 0 Å². The molecule has 11 heteroatoms. The number of rotatable bonds is 4. The molecule has 35 heavy (non-hydrogen) atoms. The van der Waals surface area contributed by atoms with E-state index in [0.717, 1.165) is 0 Å². The molecule has 1 aliphatic rings. The maximum atomic E-state index is 13.3. The summed E-state index contributed by atoms with van der Waals surface area (Å²) in [6.45, 7) is 2.04. The summed E-state index contributed by atoms with van der Waals surface area (Å²) >= 11 is 12.4. The lowest BCUT2D eigenvalue weighted by Gasteiger charge is -2.26. The average molecular weight is 515 g/mol. The zero-order chi connectivity index (χ0) is 24.5. The van der Waals surface area contributed by atoms with Crippen molar-refractivity contribution in [2.75, 3.05) is 44.0 Å². The van der Waals surface area contributed by atoms with Gasteiger partial charge < -0.3 is 29.4 Å². The number of furan rings is 1. The number of urea groups is 1. The molecule has 4 aromatic rings. The fourth-order valence-corrected chi connectivity index (χ4v) is 4.42. The van der Waals surface area contributed by atoms with E-state index in [9.17, 15) is 9.59 Å². The SMILES string of the molecule is COc1ccc(C(=O)Nc2c(Cl)cncc2Cl)c2c1oc1ccc(NC(=O)N3CCOCC3)cc12. The van der Waals surface area contributed by atoms with Crippen LogP contribution in [0.25, 0.3) is 21.9 Å². The summed E-state index contributed by atoms with van der Waals surface area (Å²) in [7, 11) is 1.52. The molecule has 2 aromatic heterocycles. The molecule has 0 spiro atoms. The number of aromatic nitrogens is 1. The molecular weight excluding hydrogens is 495 g/mol. The van der Waals surface area contributed by atoms with Gasteiger partial charge in [0.05, 0.1) is 41.6 Å². The van der Waals surface area contributed by atoms with Crippen LogP contribution in [0.5, 0.6) is 5.75 Å². The minimum atomic E-state index is -0.446. The normalized spacial score (nSPS) is 13.7. The van der Waals surface area contributed by atoms with Gasteiger partial charge in [0.15, 0.2) is 11.3 Å². The van der Waals surface area contributed by atoms with Gasteiger partial charge in [0.1, 0.15) is 5.58 Å². The number of anilines is 2. The molecule has 5 rings (SSSR count). The molecule has 3 heterocycles. The van der Waals surface area contributed by atoms with E-state index in [-0.39, 0.29) is 21.8 Å². The fourth-order valence-electron chi connectivity index (χ4n) is 3.96. The zero-order valence-corrected chi connectivity index (χ0v) is 20.1. The molecule has 180 valence electrons. The Morgan fingerprint density at radius 3 is 2.51 bits per heavy atom. The second kappa shape index (κ2) is 9.61. The van der Waals surface area contributed by atoms with E-state index in [1.54, 1.807) is 35.2 Å². The van der Waals surface area contributed by atoms with Crippen molar-refractivity contribution in [3.63, 3.8) is 0 Å². The quantitative estimate of drug-likeness (QED) is 0.377. The first-order chi connectivity index (χ1) is 17.0. The Morgan fingerprint density at radius 2 is 1.80 bits per heavy atom. The van der Waals surface area contributed by atoms with E-state index in [4.69, 9.17) is 37.1 Å². The molecule has 0 atom stereocenters. The topological polar surface area (TPSA) is 106 Å². The van der Waals surface area contributed by atoms with Crippen LogP contribution in [0.4, 0.5) is 16.2 Å². The molecule has 0 unspecified atom stereocenters. The lowest BCUT2D eigenvalue weighted by atomic mass is 10.0. The second-order valence-corrected chi connectivity index (χ2v) is 8.61. The lowest BCUT2D eigenvalue weighted by Crippen LogP contribution is -2.43. The van der Waals surface area contributed by atoms with Crippen LogP contribution in [0.1, 0.15) is 10.4 Å². The average Bonchev–Trinajstić information content (AvgIpc) is 3.25. The third kappa shape index (κ3) is 4.45. The number of amides is 3. The van der Waals surface area contributed by atoms with Crippen molar-refractivity contribution < 1.29 is 23.5 Å². The van der Waals surface area contributed by atoms with Crippen LogP contribution in [-0.2, 0) is 4.74 Å². The Labute approximate surface area is 209 Å². The first-order valence-corrected chi connectivity index (χ1v) is 11.5. The Kier molecular flexibility index (Phi) is 6.38. The Morgan fingerprint density at radius 1 is 1.06 bits per heavy atom. The highest BCUT2D eigenvalue weighted by Crippen LogP contribution is 2.39. The summed E-state index contributed by atoms with van der Waals surface area (Å²) in [6, 6.07) is 8.30. The van der Waals surface area contributed by atoms with Crippen LogP contribution < -0.4 is 15.4 Å².